The number of esters is 1. The molecule has 0 aliphatic carbocycles. The van der Waals surface area contributed by atoms with E-state index in [1.165, 1.54) is 25.1 Å². The van der Waals surface area contributed by atoms with Crippen LogP contribution in [-0.2, 0) is 32.1 Å². The van der Waals surface area contributed by atoms with Gasteiger partial charge >= 0.3 is 5.97 Å². The van der Waals surface area contributed by atoms with Crippen LogP contribution in [0.5, 0.6) is 0 Å². The highest BCUT2D eigenvalue weighted by molar-refractivity contribution is 6.43. The fraction of sp³-hybridized carbons (Fsp3) is 0.258. The Morgan fingerprint density at radius 2 is 1.64 bits per heavy atom. The molecular formula is C31H32FN3O4. The molecule has 0 spiro atoms. The molecule has 1 N–H and O–H groups in total. The van der Waals surface area contributed by atoms with Gasteiger partial charge in [0.1, 0.15) is 5.82 Å². The lowest BCUT2D eigenvalue weighted by Crippen LogP contribution is -2.31. The average molecular weight is 530 g/mol. The zero-order valence-electron chi connectivity index (χ0n) is 22.6. The smallest absolute Gasteiger partial charge is 0.306 e. The Bertz CT molecular complexity index is 1410. The van der Waals surface area contributed by atoms with Crippen molar-refractivity contribution in [2.45, 2.75) is 33.2 Å². The van der Waals surface area contributed by atoms with Crippen molar-refractivity contribution in [3.05, 3.63) is 94.8 Å². The number of halogens is 1. The number of carbonyl (C=O) groups excluding carboxylic acids is 3. The van der Waals surface area contributed by atoms with E-state index in [1.807, 2.05) is 62.6 Å². The standard InChI is InChI=1S/C31H32FN3O4/c1-5-39-28(37)17-10-21-6-11-23(12-7-21)30(33-25-14-8-22(9-15-25)19-34(3)4)29-26-16-13-24(32)18-27(26)35(20(2)36)31(29)38/h6-9,11-16,18,33H,5,10,17,19H2,1-4H3/b30-29-. The number of nitrogens with one attached hydrogen (secondary N) is 1. The molecule has 3 aromatic rings. The maximum atomic E-state index is 14.2. The topological polar surface area (TPSA) is 79.0 Å². The minimum atomic E-state index is -0.536. The third kappa shape index (κ3) is 6.41. The van der Waals surface area contributed by atoms with Gasteiger partial charge in [0.05, 0.1) is 23.6 Å². The molecule has 0 bridgehead atoms. The fourth-order valence-electron chi connectivity index (χ4n) is 4.59. The molecule has 4 rings (SSSR count). The minimum Gasteiger partial charge on any atom is -0.466 e. The number of nitrogens with zero attached hydrogens (tertiary/aromatic N) is 2. The first kappa shape index (κ1) is 27.7. The van der Waals surface area contributed by atoms with Crippen molar-refractivity contribution < 1.29 is 23.5 Å². The van der Waals surface area contributed by atoms with Crippen molar-refractivity contribution >= 4 is 40.4 Å². The highest BCUT2D eigenvalue weighted by Crippen LogP contribution is 2.41. The quantitative estimate of drug-likeness (QED) is 0.301. The molecule has 0 unspecified atom stereocenters. The molecule has 0 saturated heterocycles. The summed E-state index contributed by atoms with van der Waals surface area (Å²) in [4.78, 5) is 40.9. The molecule has 1 aliphatic heterocycles. The van der Waals surface area contributed by atoms with Crippen LogP contribution in [-0.4, -0.2) is 43.4 Å². The molecule has 2 amide bonds. The third-order valence-electron chi connectivity index (χ3n) is 6.34. The van der Waals surface area contributed by atoms with Gasteiger partial charge in [-0.25, -0.2) is 9.29 Å². The van der Waals surface area contributed by atoms with Gasteiger partial charge in [-0.05, 0) is 74.5 Å². The molecular weight excluding hydrogens is 497 g/mol. The van der Waals surface area contributed by atoms with Gasteiger partial charge in [0.25, 0.3) is 5.91 Å². The van der Waals surface area contributed by atoms with E-state index < -0.39 is 17.6 Å². The summed E-state index contributed by atoms with van der Waals surface area (Å²) in [6, 6.07) is 19.4. The van der Waals surface area contributed by atoms with Crippen LogP contribution >= 0.6 is 0 Å². The van der Waals surface area contributed by atoms with Gasteiger partial charge < -0.3 is 15.0 Å². The number of fused-ring (bicyclic) bond motifs is 1. The van der Waals surface area contributed by atoms with Crippen molar-refractivity contribution in [1.82, 2.24) is 4.90 Å². The number of hydrogen-bond donors (Lipinski definition) is 1. The molecule has 202 valence electrons. The van der Waals surface area contributed by atoms with Gasteiger partial charge in [-0.2, -0.15) is 0 Å². The Hall–Kier alpha value is -4.30. The molecule has 1 heterocycles. The summed E-state index contributed by atoms with van der Waals surface area (Å²) in [5.41, 5.74) is 4.98. The fourth-order valence-corrected chi connectivity index (χ4v) is 4.59. The molecule has 8 heteroatoms. The van der Waals surface area contributed by atoms with Crippen molar-refractivity contribution in [3.8, 4) is 0 Å². The molecule has 0 saturated carbocycles. The van der Waals surface area contributed by atoms with Crippen LogP contribution < -0.4 is 10.2 Å². The molecule has 0 aromatic heterocycles. The second-order valence-corrected chi connectivity index (χ2v) is 9.63. The van der Waals surface area contributed by atoms with E-state index in [9.17, 15) is 18.8 Å². The van der Waals surface area contributed by atoms with Gasteiger partial charge in [0.2, 0.25) is 5.91 Å². The molecule has 1 aliphatic rings. The summed E-state index contributed by atoms with van der Waals surface area (Å²) in [5, 5.41) is 3.39. The number of imide groups is 1. The van der Waals surface area contributed by atoms with E-state index in [4.69, 9.17) is 4.74 Å². The van der Waals surface area contributed by atoms with Crippen molar-refractivity contribution in [2.24, 2.45) is 0 Å². The number of amides is 2. The van der Waals surface area contributed by atoms with Gasteiger partial charge in [-0.15, -0.1) is 0 Å². The minimum absolute atomic E-state index is 0.217. The maximum absolute atomic E-state index is 14.2. The second kappa shape index (κ2) is 12.0. The molecule has 0 fully saturated rings. The number of ether oxygens (including phenoxy) is 1. The SMILES string of the molecule is CCOC(=O)CCc1ccc(/C(Nc2ccc(CN(C)C)cc2)=C2/C(=O)N(C(C)=O)c3cc(F)ccc32)cc1. The molecule has 0 atom stereocenters. The largest absolute Gasteiger partial charge is 0.466 e. The lowest BCUT2D eigenvalue weighted by molar-refractivity contribution is -0.143. The second-order valence-electron chi connectivity index (χ2n) is 9.63. The van der Waals surface area contributed by atoms with E-state index in [2.05, 4.69) is 10.2 Å². The van der Waals surface area contributed by atoms with E-state index in [1.54, 1.807) is 6.92 Å². The summed E-state index contributed by atoms with van der Waals surface area (Å²) in [6.45, 7) is 4.18. The summed E-state index contributed by atoms with van der Waals surface area (Å²) < 4.78 is 19.2. The Balaban J connectivity index is 1.77. The Labute approximate surface area is 227 Å². The number of aryl methyl sites for hydroxylation is 1. The molecule has 39 heavy (non-hydrogen) atoms. The number of hydrogen-bond acceptors (Lipinski definition) is 6. The van der Waals surface area contributed by atoms with Crippen molar-refractivity contribution in [3.63, 3.8) is 0 Å². The Morgan fingerprint density at radius 1 is 0.974 bits per heavy atom. The first-order valence-electron chi connectivity index (χ1n) is 12.8. The van der Waals surface area contributed by atoms with Gasteiger partial charge in [-0.3, -0.25) is 14.4 Å². The summed E-state index contributed by atoms with van der Waals surface area (Å²) >= 11 is 0. The predicted octanol–water partition coefficient (Wildman–Crippen LogP) is 5.26. The summed E-state index contributed by atoms with van der Waals surface area (Å²) in [5.74, 6) is -1.82. The molecule has 7 nitrogen and oxygen atoms in total. The molecule has 0 radical (unpaired) electrons. The van der Waals surface area contributed by atoms with E-state index in [0.29, 0.717) is 29.9 Å². The Morgan fingerprint density at radius 3 is 2.26 bits per heavy atom. The van der Waals surface area contributed by atoms with Gasteiger partial charge in [0.15, 0.2) is 0 Å². The van der Waals surface area contributed by atoms with Crippen LogP contribution in [0.15, 0.2) is 66.7 Å². The van der Waals surface area contributed by atoms with Crippen LogP contribution in [0.3, 0.4) is 0 Å². The first-order chi connectivity index (χ1) is 18.7. The zero-order valence-corrected chi connectivity index (χ0v) is 22.6. The van der Waals surface area contributed by atoms with E-state index in [-0.39, 0.29) is 23.7 Å². The van der Waals surface area contributed by atoms with E-state index in [0.717, 1.165) is 28.3 Å². The molecule has 3 aromatic carbocycles. The van der Waals surface area contributed by atoms with Crippen molar-refractivity contribution in [2.75, 3.05) is 30.9 Å². The Kier molecular flexibility index (Phi) is 8.56. The van der Waals surface area contributed by atoms with E-state index >= 15 is 0 Å². The maximum Gasteiger partial charge on any atom is 0.306 e. The normalized spacial score (nSPS) is 13.9. The van der Waals surface area contributed by atoms with Crippen LogP contribution in [0.4, 0.5) is 15.8 Å². The van der Waals surface area contributed by atoms with Crippen LogP contribution in [0.1, 0.15) is 42.5 Å². The van der Waals surface area contributed by atoms with Gasteiger partial charge in [0, 0.05) is 31.1 Å². The third-order valence-corrected chi connectivity index (χ3v) is 6.34. The summed E-state index contributed by atoms with van der Waals surface area (Å²) in [7, 11) is 4.00. The highest BCUT2D eigenvalue weighted by Gasteiger charge is 2.38. The van der Waals surface area contributed by atoms with Gasteiger partial charge in [-0.1, -0.05) is 36.4 Å². The number of rotatable bonds is 9. The number of anilines is 2. The predicted molar refractivity (Wildman–Crippen MR) is 150 cm³/mol. The van der Waals surface area contributed by atoms with Crippen LogP contribution in [0, 0.1) is 5.82 Å². The highest BCUT2D eigenvalue weighted by atomic mass is 19.1. The number of carbonyl (C=O) groups is 3. The van der Waals surface area contributed by atoms with Crippen LogP contribution in [0.25, 0.3) is 11.3 Å². The zero-order chi connectivity index (χ0) is 28.1. The van der Waals surface area contributed by atoms with Crippen LogP contribution in [0.2, 0.25) is 0 Å². The average Bonchev–Trinajstić information content (AvgIpc) is 3.18. The number of benzene rings is 3. The lowest BCUT2D eigenvalue weighted by atomic mass is 9.98. The van der Waals surface area contributed by atoms with Crippen molar-refractivity contribution in [1.29, 1.82) is 0 Å². The first-order valence-corrected chi connectivity index (χ1v) is 12.8. The lowest BCUT2D eigenvalue weighted by Gasteiger charge is -2.17. The monoisotopic (exact) mass is 529 g/mol. The summed E-state index contributed by atoms with van der Waals surface area (Å²) in [6.07, 6.45) is 0.786.